The van der Waals surface area contributed by atoms with Crippen LogP contribution in [0, 0.1) is 5.82 Å². The summed E-state index contributed by atoms with van der Waals surface area (Å²) in [5.74, 6) is -1.13. The number of carbonyl (C=O) groups excluding carboxylic acids is 1. The summed E-state index contributed by atoms with van der Waals surface area (Å²) in [6.07, 6.45) is 2.26. The van der Waals surface area contributed by atoms with E-state index in [0.717, 1.165) is 5.56 Å². The average molecular weight is 323 g/mol. The van der Waals surface area contributed by atoms with Gasteiger partial charge in [-0.15, -0.1) is 6.58 Å². The fourth-order valence-electron chi connectivity index (χ4n) is 2.44. The topological polar surface area (TPSA) is 59.3 Å². The third kappa shape index (κ3) is 3.10. The maximum Gasteiger partial charge on any atom is 0.349 e. The molecule has 0 saturated carbocycles. The molecule has 1 aromatic heterocycles. The highest BCUT2D eigenvalue weighted by Crippen LogP contribution is 2.19. The molecule has 3 rings (SSSR count). The zero-order valence-electron chi connectivity index (χ0n) is 12.7. The molecule has 0 atom stereocenters. The van der Waals surface area contributed by atoms with Crippen molar-refractivity contribution in [3.05, 3.63) is 88.6 Å². The number of benzene rings is 2. The van der Waals surface area contributed by atoms with Gasteiger partial charge in [0.2, 0.25) is 0 Å². The smallest absolute Gasteiger partial charge is 0.349 e. The largest absolute Gasteiger partial charge is 0.422 e. The first-order valence-electron chi connectivity index (χ1n) is 7.32. The van der Waals surface area contributed by atoms with Crippen molar-refractivity contribution in [2.45, 2.75) is 6.42 Å². The van der Waals surface area contributed by atoms with Crippen LogP contribution in [0.3, 0.4) is 0 Å². The normalized spacial score (nSPS) is 10.5. The number of hydrogen-bond acceptors (Lipinski definition) is 3. The van der Waals surface area contributed by atoms with Gasteiger partial charge in [0.1, 0.15) is 17.0 Å². The lowest BCUT2D eigenvalue weighted by Crippen LogP contribution is -2.20. The molecule has 2 aromatic carbocycles. The summed E-state index contributed by atoms with van der Waals surface area (Å²) in [7, 11) is 0. The van der Waals surface area contributed by atoms with Crippen LogP contribution in [0.4, 0.5) is 10.1 Å². The molecule has 0 aliphatic heterocycles. The van der Waals surface area contributed by atoms with E-state index in [1.165, 1.54) is 30.3 Å². The van der Waals surface area contributed by atoms with Crippen LogP contribution in [0.2, 0.25) is 0 Å². The first-order chi connectivity index (χ1) is 11.6. The zero-order valence-corrected chi connectivity index (χ0v) is 12.7. The van der Waals surface area contributed by atoms with Gasteiger partial charge >= 0.3 is 5.63 Å². The van der Waals surface area contributed by atoms with Crippen LogP contribution >= 0.6 is 0 Å². The number of amides is 1. The second-order valence-electron chi connectivity index (χ2n) is 5.24. The second-order valence-corrected chi connectivity index (χ2v) is 5.24. The third-order valence-corrected chi connectivity index (χ3v) is 3.53. The Bertz CT molecular complexity index is 991. The summed E-state index contributed by atoms with van der Waals surface area (Å²) in [5, 5.41) is 3.13. The number of fused-ring (bicyclic) bond motifs is 1. The fraction of sp³-hybridized carbons (Fsp3) is 0.0526. The predicted molar refractivity (Wildman–Crippen MR) is 90.7 cm³/mol. The van der Waals surface area contributed by atoms with E-state index in [0.29, 0.717) is 17.4 Å². The van der Waals surface area contributed by atoms with Gasteiger partial charge in [-0.05, 0) is 36.2 Å². The maximum absolute atomic E-state index is 13.2. The lowest BCUT2D eigenvalue weighted by molar-refractivity contribution is 0.102. The minimum absolute atomic E-state index is 0.137. The Labute approximate surface area is 137 Å². The Morgan fingerprint density at radius 2 is 2.00 bits per heavy atom. The van der Waals surface area contributed by atoms with Gasteiger partial charge < -0.3 is 9.73 Å². The third-order valence-electron chi connectivity index (χ3n) is 3.53. The summed E-state index contributed by atoms with van der Waals surface area (Å²) < 4.78 is 18.5. The lowest BCUT2D eigenvalue weighted by atomic mass is 10.1. The number of allylic oxidation sites excluding steroid dienone is 1. The van der Waals surface area contributed by atoms with E-state index in [1.54, 1.807) is 12.1 Å². The lowest BCUT2D eigenvalue weighted by Gasteiger charge is -2.07. The van der Waals surface area contributed by atoms with E-state index in [1.807, 2.05) is 12.1 Å². The van der Waals surface area contributed by atoms with Crippen molar-refractivity contribution >= 4 is 22.6 Å². The summed E-state index contributed by atoms with van der Waals surface area (Å²) in [6.45, 7) is 3.67. The van der Waals surface area contributed by atoms with Crippen LogP contribution in [-0.2, 0) is 6.42 Å². The predicted octanol–water partition coefficient (Wildman–Crippen LogP) is 3.91. The molecule has 0 spiro atoms. The number of para-hydroxylation sites is 1. The molecule has 5 heteroatoms. The number of carbonyl (C=O) groups is 1. The molecule has 120 valence electrons. The molecule has 1 amide bonds. The van der Waals surface area contributed by atoms with Crippen LogP contribution < -0.4 is 10.9 Å². The van der Waals surface area contributed by atoms with Crippen molar-refractivity contribution in [3.63, 3.8) is 0 Å². The Kier molecular flexibility index (Phi) is 4.24. The molecule has 24 heavy (non-hydrogen) atoms. The highest BCUT2D eigenvalue weighted by Gasteiger charge is 2.15. The molecule has 0 fully saturated rings. The molecule has 4 nitrogen and oxygen atoms in total. The standard InChI is InChI=1S/C19H14FNO3/c1-2-5-12-6-3-7-13-10-16(19(23)24-17(12)13)18(22)21-15-9-4-8-14(20)11-15/h2-4,6-11H,1,5H2,(H,21,22). The van der Waals surface area contributed by atoms with Crippen LogP contribution in [0.25, 0.3) is 11.0 Å². The Morgan fingerprint density at radius 3 is 2.75 bits per heavy atom. The molecule has 3 aromatic rings. The van der Waals surface area contributed by atoms with Gasteiger partial charge in [-0.2, -0.15) is 0 Å². The van der Waals surface area contributed by atoms with Crippen LogP contribution in [0.5, 0.6) is 0 Å². The van der Waals surface area contributed by atoms with Gasteiger partial charge in [0.05, 0.1) is 0 Å². The first-order valence-corrected chi connectivity index (χ1v) is 7.32. The maximum atomic E-state index is 13.2. The Hall–Kier alpha value is -3.21. The highest BCUT2D eigenvalue weighted by atomic mass is 19.1. The summed E-state index contributed by atoms with van der Waals surface area (Å²) in [6, 6.07) is 12.3. The number of rotatable bonds is 4. The number of nitrogens with one attached hydrogen (secondary N) is 1. The van der Waals surface area contributed by atoms with Crippen molar-refractivity contribution in [2.24, 2.45) is 0 Å². The van der Waals surface area contributed by atoms with Crippen LogP contribution in [-0.4, -0.2) is 5.91 Å². The quantitative estimate of drug-likeness (QED) is 0.585. The van der Waals surface area contributed by atoms with Gasteiger partial charge in [-0.25, -0.2) is 9.18 Å². The van der Waals surface area contributed by atoms with Gasteiger partial charge in [0.15, 0.2) is 0 Å². The second kappa shape index (κ2) is 6.50. The number of halogens is 1. The van der Waals surface area contributed by atoms with E-state index < -0.39 is 17.3 Å². The van der Waals surface area contributed by atoms with Crippen molar-refractivity contribution in [2.75, 3.05) is 5.32 Å². The Balaban J connectivity index is 2.00. The minimum atomic E-state index is -0.743. The zero-order chi connectivity index (χ0) is 17.1. The average Bonchev–Trinajstić information content (AvgIpc) is 2.55. The SMILES string of the molecule is C=CCc1cccc2cc(C(=O)Nc3cccc(F)c3)c(=O)oc12. The molecule has 1 N–H and O–H groups in total. The van der Waals surface area contributed by atoms with E-state index in [2.05, 4.69) is 11.9 Å². The molecular formula is C19H14FNO3. The molecule has 0 radical (unpaired) electrons. The van der Waals surface area contributed by atoms with Crippen molar-refractivity contribution in [1.82, 2.24) is 0 Å². The van der Waals surface area contributed by atoms with Gasteiger partial charge in [-0.1, -0.05) is 30.3 Å². The van der Waals surface area contributed by atoms with E-state index in [4.69, 9.17) is 4.42 Å². The fourth-order valence-corrected chi connectivity index (χ4v) is 2.44. The molecular weight excluding hydrogens is 309 g/mol. The van der Waals surface area contributed by atoms with E-state index in [9.17, 15) is 14.0 Å². The van der Waals surface area contributed by atoms with Gasteiger partial charge in [0, 0.05) is 11.1 Å². The molecule has 0 bridgehead atoms. The minimum Gasteiger partial charge on any atom is -0.422 e. The van der Waals surface area contributed by atoms with E-state index in [-0.39, 0.29) is 11.3 Å². The molecule has 0 saturated heterocycles. The van der Waals surface area contributed by atoms with Gasteiger partial charge in [-0.3, -0.25) is 4.79 Å². The first kappa shape index (κ1) is 15.7. The molecule has 1 heterocycles. The summed E-state index contributed by atoms with van der Waals surface area (Å²) in [5.41, 5.74) is 0.636. The molecule has 0 unspecified atom stereocenters. The molecule has 0 aliphatic carbocycles. The van der Waals surface area contributed by atoms with Gasteiger partial charge in [0.25, 0.3) is 5.91 Å². The van der Waals surface area contributed by atoms with Crippen molar-refractivity contribution < 1.29 is 13.6 Å². The van der Waals surface area contributed by atoms with Crippen molar-refractivity contribution in [3.8, 4) is 0 Å². The van der Waals surface area contributed by atoms with Crippen LogP contribution in [0.15, 0.2) is 70.4 Å². The highest BCUT2D eigenvalue weighted by molar-refractivity contribution is 6.05. The molecule has 0 aliphatic rings. The summed E-state index contributed by atoms with van der Waals surface area (Å²) in [4.78, 5) is 24.5. The number of anilines is 1. The van der Waals surface area contributed by atoms with Crippen molar-refractivity contribution in [1.29, 1.82) is 0 Å². The van der Waals surface area contributed by atoms with Crippen LogP contribution in [0.1, 0.15) is 15.9 Å². The number of hydrogen-bond donors (Lipinski definition) is 1. The Morgan fingerprint density at radius 1 is 1.21 bits per heavy atom. The van der Waals surface area contributed by atoms with E-state index >= 15 is 0 Å². The summed E-state index contributed by atoms with van der Waals surface area (Å²) >= 11 is 0. The monoisotopic (exact) mass is 323 g/mol.